The quantitative estimate of drug-likeness (QED) is 0.610. The molecule has 0 saturated heterocycles. The largest absolute Gasteiger partial charge is 0.493 e. The molecule has 6 nitrogen and oxygen atoms in total. The Bertz CT molecular complexity index is 1010. The van der Waals surface area contributed by atoms with Gasteiger partial charge in [-0.1, -0.05) is 30.3 Å². The standard InChI is InChI=1S/C23H25N3O3/c1-25(15-17-8-7-11-21(28-2)22(17)29-3)23(27)20-14-19(16-12-13-16)24-26(20)18-9-5-4-6-10-18/h4-11,14,16H,12-13,15H2,1-3H3. The van der Waals surface area contributed by atoms with E-state index in [-0.39, 0.29) is 5.91 Å². The topological polar surface area (TPSA) is 56.6 Å². The SMILES string of the molecule is COc1cccc(CN(C)C(=O)c2cc(C3CC3)nn2-c2ccccc2)c1OC. The van der Waals surface area contributed by atoms with Crippen LogP contribution in [0.2, 0.25) is 0 Å². The number of carbonyl (C=O) groups excluding carboxylic acids is 1. The minimum atomic E-state index is -0.0851. The lowest BCUT2D eigenvalue weighted by molar-refractivity contribution is 0.0775. The van der Waals surface area contributed by atoms with Crippen molar-refractivity contribution in [1.29, 1.82) is 0 Å². The Morgan fingerprint density at radius 2 is 1.86 bits per heavy atom. The Labute approximate surface area is 170 Å². The molecule has 1 amide bonds. The van der Waals surface area contributed by atoms with Gasteiger partial charge >= 0.3 is 0 Å². The van der Waals surface area contributed by atoms with E-state index in [1.807, 2.05) is 54.6 Å². The summed E-state index contributed by atoms with van der Waals surface area (Å²) in [5.74, 6) is 1.68. The molecule has 3 aromatic rings. The number of nitrogens with zero attached hydrogens (tertiary/aromatic N) is 3. The zero-order valence-electron chi connectivity index (χ0n) is 17.0. The maximum Gasteiger partial charge on any atom is 0.272 e. The molecule has 0 aliphatic heterocycles. The van der Waals surface area contributed by atoms with Gasteiger partial charge in [0.1, 0.15) is 5.69 Å². The number of hydrogen-bond donors (Lipinski definition) is 0. The third-order valence-electron chi connectivity index (χ3n) is 5.18. The molecule has 2 aromatic carbocycles. The molecule has 6 heteroatoms. The molecular weight excluding hydrogens is 366 g/mol. The summed E-state index contributed by atoms with van der Waals surface area (Å²) in [6.07, 6.45) is 2.27. The van der Waals surface area contributed by atoms with Gasteiger partial charge < -0.3 is 14.4 Å². The van der Waals surface area contributed by atoms with Crippen molar-refractivity contribution in [3.63, 3.8) is 0 Å². The fraction of sp³-hybridized carbons (Fsp3) is 0.304. The summed E-state index contributed by atoms with van der Waals surface area (Å²) < 4.78 is 12.6. The average Bonchev–Trinajstić information content (AvgIpc) is 3.52. The van der Waals surface area contributed by atoms with Crippen molar-refractivity contribution in [1.82, 2.24) is 14.7 Å². The zero-order valence-corrected chi connectivity index (χ0v) is 17.0. The molecule has 1 heterocycles. The molecule has 0 atom stereocenters. The first-order valence-corrected chi connectivity index (χ1v) is 9.73. The molecule has 0 N–H and O–H groups in total. The number of para-hydroxylation sites is 2. The Balaban J connectivity index is 1.64. The smallest absolute Gasteiger partial charge is 0.272 e. The summed E-state index contributed by atoms with van der Waals surface area (Å²) >= 11 is 0. The average molecular weight is 391 g/mol. The predicted molar refractivity (Wildman–Crippen MR) is 111 cm³/mol. The van der Waals surface area contributed by atoms with Crippen LogP contribution in [0.25, 0.3) is 5.69 Å². The van der Waals surface area contributed by atoms with Gasteiger partial charge in [0.2, 0.25) is 0 Å². The van der Waals surface area contributed by atoms with Crippen LogP contribution in [0.5, 0.6) is 11.5 Å². The summed E-state index contributed by atoms with van der Waals surface area (Å²) in [6.45, 7) is 0.401. The van der Waals surface area contributed by atoms with Gasteiger partial charge in [0.15, 0.2) is 11.5 Å². The van der Waals surface area contributed by atoms with Crippen molar-refractivity contribution in [3.05, 3.63) is 71.5 Å². The van der Waals surface area contributed by atoms with Crippen molar-refractivity contribution in [2.45, 2.75) is 25.3 Å². The maximum absolute atomic E-state index is 13.3. The van der Waals surface area contributed by atoms with Crippen molar-refractivity contribution in [3.8, 4) is 17.2 Å². The monoisotopic (exact) mass is 391 g/mol. The predicted octanol–water partition coefficient (Wildman–Crippen LogP) is 4.04. The number of carbonyl (C=O) groups is 1. The van der Waals surface area contributed by atoms with E-state index in [0.717, 1.165) is 29.8 Å². The number of ether oxygens (including phenoxy) is 2. The van der Waals surface area contributed by atoms with E-state index in [2.05, 4.69) is 0 Å². The minimum Gasteiger partial charge on any atom is -0.493 e. The number of benzene rings is 2. The first-order valence-electron chi connectivity index (χ1n) is 9.73. The number of amides is 1. The fourth-order valence-corrected chi connectivity index (χ4v) is 3.50. The second-order valence-corrected chi connectivity index (χ2v) is 7.29. The molecule has 1 saturated carbocycles. The second-order valence-electron chi connectivity index (χ2n) is 7.29. The van der Waals surface area contributed by atoms with Crippen LogP contribution in [0.15, 0.2) is 54.6 Å². The summed E-state index contributed by atoms with van der Waals surface area (Å²) in [5, 5.41) is 4.74. The molecule has 1 aromatic heterocycles. The summed E-state index contributed by atoms with van der Waals surface area (Å²) in [4.78, 5) is 15.0. The van der Waals surface area contributed by atoms with Gasteiger partial charge in [-0.05, 0) is 37.1 Å². The molecule has 4 rings (SSSR count). The van der Waals surface area contributed by atoms with E-state index in [1.165, 1.54) is 0 Å². The van der Waals surface area contributed by atoms with Gasteiger partial charge in [0, 0.05) is 25.1 Å². The summed E-state index contributed by atoms with van der Waals surface area (Å²) in [6, 6.07) is 17.4. The van der Waals surface area contributed by atoms with Gasteiger partial charge in [0.05, 0.1) is 25.6 Å². The lowest BCUT2D eigenvalue weighted by Crippen LogP contribution is -2.28. The zero-order chi connectivity index (χ0) is 20.4. The molecular formula is C23H25N3O3. The molecule has 0 radical (unpaired) electrons. The van der Waals surface area contributed by atoms with Crippen LogP contribution in [0.1, 0.15) is 40.5 Å². The van der Waals surface area contributed by atoms with Crippen LogP contribution in [0.4, 0.5) is 0 Å². The molecule has 150 valence electrons. The summed E-state index contributed by atoms with van der Waals surface area (Å²) in [7, 11) is 5.00. The van der Waals surface area contributed by atoms with E-state index in [1.54, 1.807) is 30.8 Å². The van der Waals surface area contributed by atoms with Crippen molar-refractivity contribution >= 4 is 5.91 Å². The molecule has 1 aliphatic carbocycles. The van der Waals surface area contributed by atoms with Gasteiger partial charge in [-0.3, -0.25) is 4.79 Å². The third-order valence-corrected chi connectivity index (χ3v) is 5.18. The van der Waals surface area contributed by atoms with E-state index >= 15 is 0 Å². The number of hydrogen-bond acceptors (Lipinski definition) is 4. The maximum atomic E-state index is 13.3. The first-order chi connectivity index (χ1) is 14.1. The number of methoxy groups -OCH3 is 2. The Hall–Kier alpha value is -3.28. The highest BCUT2D eigenvalue weighted by Crippen LogP contribution is 2.40. The van der Waals surface area contributed by atoms with Gasteiger partial charge in [0.25, 0.3) is 5.91 Å². The normalized spacial score (nSPS) is 13.2. The van der Waals surface area contributed by atoms with Crippen LogP contribution in [-0.2, 0) is 6.54 Å². The molecule has 0 bridgehead atoms. The Morgan fingerprint density at radius 1 is 1.10 bits per heavy atom. The van der Waals surface area contributed by atoms with Crippen LogP contribution >= 0.6 is 0 Å². The highest BCUT2D eigenvalue weighted by Gasteiger charge is 2.30. The van der Waals surface area contributed by atoms with Crippen LogP contribution in [0.3, 0.4) is 0 Å². The fourth-order valence-electron chi connectivity index (χ4n) is 3.50. The van der Waals surface area contributed by atoms with Gasteiger partial charge in [-0.2, -0.15) is 5.10 Å². The van der Waals surface area contributed by atoms with E-state index in [4.69, 9.17) is 14.6 Å². The third kappa shape index (κ3) is 3.83. The molecule has 1 aliphatic rings. The Morgan fingerprint density at radius 3 is 2.52 bits per heavy atom. The second kappa shape index (κ2) is 7.99. The number of rotatable bonds is 7. The minimum absolute atomic E-state index is 0.0851. The first kappa shape index (κ1) is 19.1. The molecule has 0 unspecified atom stereocenters. The van der Waals surface area contributed by atoms with Crippen molar-refractivity contribution in [2.24, 2.45) is 0 Å². The van der Waals surface area contributed by atoms with Crippen LogP contribution in [0, 0.1) is 0 Å². The number of aromatic nitrogens is 2. The molecule has 0 spiro atoms. The lowest BCUT2D eigenvalue weighted by Gasteiger charge is -2.20. The van der Waals surface area contributed by atoms with E-state index in [0.29, 0.717) is 29.7 Å². The van der Waals surface area contributed by atoms with Crippen LogP contribution < -0.4 is 9.47 Å². The van der Waals surface area contributed by atoms with Crippen molar-refractivity contribution in [2.75, 3.05) is 21.3 Å². The van der Waals surface area contributed by atoms with Gasteiger partial charge in [-0.15, -0.1) is 0 Å². The summed E-state index contributed by atoms with van der Waals surface area (Å²) in [5.41, 5.74) is 3.33. The highest BCUT2D eigenvalue weighted by atomic mass is 16.5. The molecule has 29 heavy (non-hydrogen) atoms. The Kier molecular flexibility index (Phi) is 5.25. The van der Waals surface area contributed by atoms with E-state index < -0.39 is 0 Å². The van der Waals surface area contributed by atoms with Gasteiger partial charge in [-0.25, -0.2) is 4.68 Å². The molecule has 1 fully saturated rings. The van der Waals surface area contributed by atoms with E-state index in [9.17, 15) is 4.79 Å². The van der Waals surface area contributed by atoms with Crippen molar-refractivity contribution < 1.29 is 14.3 Å². The highest BCUT2D eigenvalue weighted by molar-refractivity contribution is 5.93. The van der Waals surface area contributed by atoms with Crippen LogP contribution in [-0.4, -0.2) is 41.9 Å². The lowest BCUT2D eigenvalue weighted by atomic mass is 10.1.